The van der Waals surface area contributed by atoms with Crippen molar-refractivity contribution in [2.45, 2.75) is 19.6 Å². The van der Waals surface area contributed by atoms with Crippen LogP contribution in [0, 0.1) is 0 Å². The number of hydrogen-bond donors (Lipinski definition) is 1. The number of ether oxygens (including phenoxy) is 1. The van der Waals surface area contributed by atoms with Gasteiger partial charge in [0.25, 0.3) is 11.8 Å². The molecule has 0 unspecified atom stereocenters. The molecule has 4 rings (SSSR count). The van der Waals surface area contributed by atoms with Crippen LogP contribution in [0.4, 0.5) is 4.79 Å². The van der Waals surface area contributed by atoms with Gasteiger partial charge in [0, 0.05) is 6.54 Å². The van der Waals surface area contributed by atoms with Crippen molar-refractivity contribution in [3.63, 3.8) is 0 Å². The highest BCUT2D eigenvalue weighted by Gasteiger charge is 2.36. The maximum atomic E-state index is 12.3. The summed E-state index contributed by atoms with van der Waals surface area (Å²) in [7, 11) is 0. The quantitative estimate of drug-likeness (QED) is 0.548. The fourth-order valence-corrected chi connectivity index (χ4v) is 3.31. The third-order valence-corrected chi connectivity index (χ3v) is 5.04. The lowest BCUT2D eigenvalue weighted by Gasteiger charge is -2.13. The second-order valence-corrected chi connectivity index (χ2v) is 7.27. The Morgan fingerprint density at radius 1 is 0.750 bits per heavy atom. The molecule has 0 aliphatic carbocycles. The van der Waals surface area contributed by atoms with Crippen LogP contribution in [0.1, 0.15) is 37.4 Å². The van der Waals surface area contributed by atoms with E-state index in [-0.39, 0.29) is 13.2 Å². The molecule has 0 spiro atoms. The fourth-order valence-electron chi connectivity index (χ4n) is 3.31. The second-order valence-electron chi connectivity index (χ2n) is 7.27. The summed E-state index contributed by atoms with van der Waals surface area (Å²) in [6.07, 6.45) is 0.0486. The van der Waals surface area contributed by atoms with Crippen molar-refractivity contribution in [3.05, 3.63) is 107 Å². The smallest absolute Gasteiger partial charge is 0.407 e. The Labute approximate surface area is 185 Å². The van der Waals surface area contributed by atoms with Gasteiger partial charge in [0.05, 0.1) is 17.7 Å². The molecule has 0 bridgehead atoms. The maximum Gasteiger partial charge on any atom is 0.407 e. The molecule has 3 aromatic rings. The van der Waals surface area contributed by atoms with Crippen molar-refractivity contribution in [2.75, 3.05) is 6.61 Å². The number of fused-ring (bicyclic) bond motifs is 1. The normalized spacial score (nSPS) is 12.6. The van der Waals surface area contributed by atoms with Crippen LogP contribution in [-0.2, 0) is 29.1 Å². The summed E-state index contributed by atoms with van der Waals surface area (Å²) in [5.74, 6) is -0.877. The fraction of sp³-hybridized carbons (Fsp3) is 0.160. The highest BCUT2D eigenvalue weighted by atomic mass is 16.7. The number of alkyl carbamates (subject to hydrolysis) is 1. The molecule has 7 nitrogen and oxygen atoms in total. The highest BCUT2D eigenvalue weighted by Crippen LogP contribution is 2.22. The van der Waals surface area contributed by atoms with E-state index < -0.39 is 17.9 Å². The van der Waals surface area contributed by atoms with E-state index in [0.29, 0.717) is 24.1 Å². The molecule has 32 heavy (non-hydrogen) atoms. The Hall–Kier alpha value is -3.97. The van der Waals surface area contributed by atoms with Crippen LogP contribution in [0.25, 0.3) is 0 Å². The van der Waals surface area contributed by atoms with Crippen molar-refractivity contribution in [3.8, 4) is 0 Å². The van der Waals surface area contributed by atoms with Crippen LogP contribution in [0.5, 0.6) is 0 Å². The van der Waals surface area contributed by atoms with Gasteiger partial charge in [0.2, 0.25) is 0 Å². The monoisotopic (exact) mass is 430 g/mol. The van der Waals surface area contributed by atoms with Crippen LogP contribution in [0.15, 0.2) is 78.9 Å². The average molecular weight is 430 g/mol. The molecule has 0 saturated heterocycles. The highest BCUT2D eigenvalue weighted by molar-refractivity contribution is 6.20. The summed E-state index contributed by atoms with van der Waals surface area (Å²) in [6, 6.07) is 23.8. The topological polar surface area (TPSA) is 84.9 Å². The van der Waals surface area contributed by atoms with Crippen molar-refractivity contribution < 1.29 is 24.0 Å². The molecule has 0 aromatic heterocycles. The predicted molar refractivity (Wildman–Crippen MR) is 117 cm³/mol. The number of hydroxylamine groups is 2. The molecule has 0 radical (unpaired) electrons. The molecule has 162 valence electrons. The molecule has 3 aromatic carbocycles. The zero-order valence-electron chi connectivity index (χ0n) is 17.3. The molecular weight excluding hydrogens is 408 g/mol. The van der Waals surface area contributed by atoms with Gasteiger partial charge in [-0.15, -0.1) is 5.06 Å². The SMILES string of the molecule is O=C(NCc1ccc(CCON2C(=O)c3ccccc3C2=O)cc1)OCc1ccccc1. The summed E-state index contributed by atoms with van der Waals surface area (Å²) in [5, 5.41) is 3.54. The molecule has 0 saturated carbocycles. The molecule has 7 heteroatoms. The Morgan fingerprint density at radius 3 is 2.00 bits per heavy atom. The van der Waals surface area contributed by atoms with Crippen molar-refractivity contribution >= 4 is 17.9 Å². The van der Waals surface area contributed by atoms with Gasteiger partial charge in [-0.05, 0) is 35.2 Å². The van der Waals surface area contributed by atoms with Crippen LogP contribution in [0.3, 0.4) is 0 Å². The van der Waals surface area contributed by atoms with E-state index in [1.165, 1.54) is 0 Å². The van der Waals surface area contributed by atoms with Gasteiger partial charge in [-0.2, -0.15) is 0 Å². The van der Waals surface area contributed by atoms with Crippen molar-refractivity contribution in [2.24, 2.45) is 0 Å². The number of rotatable bonds is 8. The predicted octanol–water partition coefficient (Wildman–Crippen LogP) is 3.88. The first-order chi connectivity index (χ1) is 15.6. The van der Waals surface area contributed by atoms with Gasteiger partial charge >= 0.3 is 6.09 Å². The van der Waals surface area contributed by atoms with E-state index in [1.807, 2.05) is 54.6 Å². The Bertz CT molecular complexity index is 1080. The minimum Gasteiger partial charge on any atom is -0.445 e. The third kappa shape index (κ3) is 5.01. The number of nitrogens with one attached hydrogen (secondary N) is 1. The third-order valence-electron chi connectivity index (χ3n) is 5.04. The lowest BCUT2D eigenvalue weighted by Crippen LogP contribution is -2.30. The first-order valence-electron chi connectivity index (χ1n) is 10.2. The maximum absolute atomic E-state index is 12.3. The van der Waals surface area contributed by atoms with Gasteiger partial charge in [-0.1, -0.05) is 66.7 Å². The van der Waals surface area contributed by atoms with Crippen LogP contribution < -0.4 is 5.32 Å². The summed E-state index contributed by atoms with van der Waals surface area (Å²) in [4.78, 5) is 41.9. The molecule has 0 atom stereocenters. The first-order valence-corrected chi connectivity index (χ1v) is 10.2. The minimum atomic E-state index is -0.479. The number of benzene rings is 3. The van der Waals surface area contributed by atoms with Gasteiger partial charge in [0.1, 0.15) is 6.61 Å². The number of amides is 3. The van der Waals surface area contributed by atoms with E-state index in [1.54, 1.807) is 24.3 Å². The van der Waals surface area contributed by atoms with E-state index in [4.69, 9.17) is 9.57 Å². The van der Waals surface area contributed by atoms with E-state index in [2.05, 4.69) is 5.32 Å². The zero-order chi connectivity index (χ0) is 22.3. The minimum absolute atomic E-state index is 0.189. The van der Waals surface area contributed by atoms with Gasteiger partial charge in [0.15, 0.2) is 0 Å². The summed E-state index contributed by atoms with van der Waals surface area (Å²) in [5.41, 5.74) is 3.55. The van der Waals surface area contributed by atoms with Crippen LogP contribution >= 0.6 is 0 Å². The molecule has 1 aliphatic heterocycles. The van der Waals surface area contributed by atoms with E-state index >= 15 is 0 Å². The lowest BCUT2D eigenvalue weighted by atomic mass is 10.1. The molecule has 3 amide bonds. The number of imide groups is 1. The molecule has 1 aliphatic rings. The van der Waals surface area contributed by atoms with Crippen molar-refractivity contribution in [1.82, 2.24) is 10.4 Å². The van der Waals surface area contributed by atoms with E-state index in [9.17, 15) is 14.4 Å². The van der Waals surface area contributed by atoms with Gasteiger partial charge in [-0.3, -0.25) is 14.4 Å². The summed E-state index contributed by atoms with van der Waals surface area (Å²) < 4.78 is 5.19. The molecule has 1 heterocycles. The summed E-state index contributed by atoms with van der Waals surface area (Å²) >= 11 is 0. The Kier molecular flexibility index (Phi) is 6.57. The number of hydrogen-bond acceptors (Lipinski definition) is 5. The summed E-state index contributed by atoms with van der Waals surface area (Å²) in [6.45, 7) is 0.757. The van der Waals surface area contributed by atoms with Crippen LogP contribution in [-0.4, -0.2) is 29.6 Å². The largest absolute Gasteiger partial charge is 0.445 e. The number of carbonyl (C=O) groups excluding carboxylic acids is 3. The average Bonchev–Trinajstić information content (AvgIpc) is 3.08. The van der Waals surface area contributed by atoms with E-state index in [0.717, 1.165) is 21.8 Å². The lowest BCUT2D eigenvalue weighted by molar-refractivity contribution is -0.0902. The Balaban J connectivity index is 1.19. The molecule has 1 N–H and O–H groups in total. The van der Waals surface area contributed by atoms with Gasteiger partial charge < -0.3 is 10.1 Å². The number of nitrogens with zero attached hydrogens (tertiary/aromatic N) is 1. The zero-order valence-corrected chi connectivity index (χ0v) is 17.3. The first kappa shape index (κ1) is 21.3. The second kappa shape index (κ2) is 9.89. The van der Waals surface area contributed by atoms with Gasteiger partial charge in [-0.25, -0.2) is 4.79 Å². The molecule has 0 fully saturated rings. The Morgan fingerprint density at radius 2 is 1.34 bits per heavy atom. The standard InChI is InChI=1S/C25H22N2O5/c28-23-21-8-4-5-9-22(21)24(29)27(23)32-15-14-18-10-12-19(13-11-18)16-26-25(30)31-17-20-6-2-1-3-7-20/h1-13H,14-17H2,(H,26,30). The molecular formula is C25H22N2O5. The van der Waals surface area contributed by atoms with Crippen LogP contribution in [0.2, 0.25) is 0 Å². The van der Waals surface area contributed by atoms with Crippen molar-refractivity contribution in [1.29, 1.82) is 0 Å². The number of carbonyl (C=O) groups is 3.